The van der Waals surface area contributed by atoms with Crippen molar-refractivity contribution in [3.05, 3.63) is 35.4 Å². The summed E-state index contributed by atoms with van der Waals surface area (Å²) in [6, 6.07) is 8.49. The second-order valence-corrected chi connectivity index (χ2v) is 7.77. The van der Waals surface area contributed by atoms with E-state index in [1.807, 2.05) is 0 Å². The number of rotatable bonds is 2. The molecule has 104 valence electrons. The number of hydrogen-bond acceptors (Lipinski definition) is 3. The Hall–Kier alpha value is -0.620. The van der Waals surface area contributed by atoms with Gasteiger partial charge in [0.1, 0.15) is 0 Å². The molecule has 1 aliphatic heterocycles. The second-order valence-electron chi connectivity index (χ2n) is 5.49. The summed E-state index contributed by atoms with van der Waals surface area (Å²) in [5, 5.41) is 1.74. The van der Waals surface area contributed by atoms with E-state index in [9.17, 15) is 8.42 Å². The summed E-state index contributed by atoms with van der Waals surface area (Å²) >= 11 is 0. The van der Waals surface area contributed by atoms with Crippen molar-refractivity contribution in [3.8, 4) is 0 Å². The SMILES string of the molecule is O=S(=O)(Cl)NN1CCCC2(CCc3ccccc32)C1. The highest BCUT2D eigenvalue weighted by molar-refractivity contribution is 8.12. The molecule has 1 unspecified atom stereocenters. The largest absolute Gasteiger partial charge is 0.310 e. The van der Waals surface area contributed by atoms with Crippen LogP contribution in [0.2, 0.25) is 0 Å². The van der Waals surface area contributed by atoms with Crippen LogP contribution in [0.3, 0.4) is 0 Å². The maximum absolute atomic E-state index is 11.2. The maximum atomic E-state index is 11.2. The van der Waals surface area contributed by atoms with E-state index >= 15 is 0 Å². The lowest BCUT2D eigenvalue weighted by atomic mass is 9.75. The van der Waals surface area contributed by atoms with Gasteiger partial charge in [-0.1, -0.05) is 24.3 Å². The fourth-order valence-corrected chi connectivity index (χ4v) is 4.31. The van der Waals surface area contributed by atoms with Gasteiger partial charge in [0.05, 0.1) is 0 Å². The number of aryl methyl sites for hydroxylation is 1. The van der Waals surface area contributed by atoms with E-state index in [0.29, 0.717) is 6.54 Å². The van der Waals surface area contributed by atoms with Crippen LogP contribution >= 0.6 is 10.7 Å². The molecule has 0 bridgehead atoms. The molecule has 0 aromatic heterocycles. The standard InChI is InChI=1S/C13H17ClN2O2S/c14-19(17,18)15-16-9-3-7-13(10-16)8-6-11-4-1-2-5-12(11)13/h1-2,4-5,15H,3,6-10H2. The Balaban J connectivity index is 1.86. The number of benzene rings is 1. The lowest BCUT2D eigenvalue weighted by Gasteiger charge is -2.40. The van der Waals surface area contributed by atoms with Gasteiger partial charge in [0.25, 0.3) is 0 Å². The first-order valence-corrected chi connectivity index (χ1v) is 8.85. The molecule has 6 heteroatoms. The minimum atomic E-state index is -3.70. The quantitative estimate of drug-likeness (QED) is 0.850. The summed E-state index contributed by atoms with van der Waals surface area (Å²) in [4.78, 5) is 2.41. The Kier molecular flexibility index (Phi) is 3.33. The van der Waals surface area contributed by atoms with E-state index in [2.05, 4.69) is 29.1 Å². The third kappa shape index (κ3) is 2.65. The summed E-state index contributed by atoms with van der Waals surface area (Å²) in [7, 11) is 1.58. The van der Waals surface area contributed by atoms with Gasteiger partial charge in [-0.3, -0.25) is 0 Å². The van der Waals surface area contributed by atoms with Crippen molar-refractivity contribution >= 4 is 19.9 Å². The highest BCUT2D eigenvalue weighted by Gasteiger charge is 2.42. The lowest BCUT2D eigenvalue weighted by Crippen LogP contribution is -2.51. The number of fused-ring (bicyclic) bond motifs is 2. The van der Waals surface area contributed by atoms with Crippen LogP contribution in [0.1, 0.15) is 30.4 Å². The molecule has 0 amide bonds. The molecule has 1 aliphatic carbocycles. The molecular formula is C13H17ClN2O2S. The van der Waals surface area contributed by atoms with E-state index in [1.165, 1.54) is 11.1 Å². The van der Waals surface area contributed by atoms with Crippen molar-refractivity contribution in [2.75, 3.05) is 13.1 Å². The molecule has 0 saturated carbocycles. The third-order valence-electron chi connectivity index (χ3n) is 4.28. The van der Waals surface area contributed by atoms with E-state index in [0.717, 1.165) is 32.2 Å². The van der Waals surface area contributed by atoms with Gasteiger partial charge in [-0.15, -0.1) is 4.83 Å². The number of piperidine rings is 1. The summed E-state index contributed by atoms with van der Waals surface area (Å²) in [6.45, 7) is 1.42. The smallest absolute Gasteiger partial charge is 0.229 e. The first-order chi connectivity index (χ1) is 8.99. The molecule has 1 aromatic rings. The highest BCUT2D eigenvalue weighted by atomic mass is 35.7. The summed E-state index contributed by atoms with van der Waals surface area (Å²) < 4.78 is 22.3. The monoisotopic (exact) mass is 300 g/mol. The summed E-state index contributed by atoms with van der Waals surface area (Å²) in [5.74, 6) is 0. The normalized spacial score (nSPS) is 27.6. The maximum Gasteiger partial charge on any atom is 0.310 e. The van der Waals surface area contributed by atoms with Gasteiger partial charge in [0.15, 0.2) is 0 Å². The first kappa shape index (κ1) is 13.4. The number of halogens is 1. The molecule has 1 fully saturated rings. The molecule has 1 spiro atoms. The van der Waals surface area contributed by atoms with Crippen molar-refractivity contribution in [3.63, 3.8) is 0 Å². The molecule has 0 radical (unpaired) electrons. The first-order valence-electron chi connectivity index (χ1n) is 6.54. The fourth-order valence-electron chi connectivity index (χ4n) is 3.55. The molecule has 1 N–H and O–H groups in total. The molecule has 1 saturated heterocycles. The second kappa shape index (κ2) is 4.74. The minimum absolute atomic E-state index is 0.0867. The zero-order valence-corrected chi connectivity index (χ0v) is 12.2. The van der Waals surface area contributed by atoms with Crippen LogP contribution in [-0.4, -0.2) is 26.5 Å². The van der Waals surface area contributed by atoms with E-state index < -0.39 is 9.24 Å². The van der Waals surface area contributed by atoms with Crippen LogP contribution in [0.4, 0.5) is 0 Å². The Morgan fingerprint density at radius 2 is 2.05 bits per heavy atom. The predicted molar refractivity (Wildman–Crippen MR) is 75.2 cm³/mol. The summed E-state index contributed by atoms with van der Waals surface area (Å²) in [6.07, 6.45) is 4.27. The molecule has 1 aromatic carbocycles. The van der Waals surface area contributed by atoms with Crippen LogP contribution in [0, 0.1) is 0 Å². The third-order valence-corrected chi connectivity index (χ3v) is 4.96. The van der Waals surface area contributed by atoms with Gasteiger partial charge >= 0.3 is 9.24 Å². The average molecular weight is 301 g/mol. The number of hydrazine groups is 1. The van der Waals surface area contributed by atoms with Crippen LogP contribution in [0.25, 0.3) is 0 Å². The van der Waals surface area contributed by atoms with Crippen molar-refractivity contribution in [1.29, 1.82) is 0 Å². The topological polar surface area (TPSA) is 49.4 Å². The Morgan fingerprint density at radius 3 is 2.84 bits per heavy atom. The molecular weight excluding hydrogens is 284 g/mol. The Bertz CT molecular complexity index is 586. The van der Waals surface area contributed by atoms with E-state index in [4.69, 9.17) is 10.7 Å². The van der Waals surface area contributed by atoms with Crippen molar-refractivity contribution in [1.82, 2.24) is 9.84 Å². The van der Waals surface area contributed by atoms with Gasteiger partial charge in [-0.05, 0) is 36.8 Å². The van der Waals surface area contributed by atoms with Gasteiger partial charge in [-0.25, -0.2) is 5.01 Å². The van der Waals surface area contributed by atoms with E-state index in [-0.39, 0.29) is 5.41 Å². The molecule has 3 rings (SSSR count). The van der Waals surface area contributed by atoms with Crippen molar-refractivity contribution in [2.45, 2.75) is 31.1 Å². The molecule has 19 heavy (non-hydrogen) atoms. The van der Waals surface area contributed by atoms with Crippen LogP contribution in [0.15, 0.2) is 24.3 Å². The number of nitrogens with zero attached hydrogens (tertiary/aromatic N) is 1. The zero-order chi connectivity index (χ0) is 13.5. The number of nitrogens with one attached hydrogen (secondary N) is 1. The van der Waals surface area contributed by atoms with E-state index in [1.54, 1.807) is 5.01 Å². The zero-order valence-electron chi connectivity index (χ0n) is 10.6. The average Bonchev–Trinajstić information content (AvgIpc) is 2.67. The molecule has 2 aliphatic rings. The highest BCUT2D eigenvalue weighted by Crippen LogP contribution is 2.44. The Morgan fingerprint density at radius 1 is 1.26 bits per heavy atom. The molecule has 1 atom stereocenters. The predicted octanol–water partition coefficient (Wildman–Crippen LogP) is 1.95. The van der Waals surface area contributed by atoms with Gasteiger partial charge in [0, 0.05) is 29.2 Å². The van der Waals surface area contributed by atoms with Gasteiger partial charge in [-0.2, -0.15) is 8.42 Å². The van der Waals surface area contributed by atoms with Gasteiger partial charge in [0.2, 0.25) is 0 Å². The fraction of sp³-hybridized carbons (Fsp3) is 0.538. The van der Waals surface area contributed by atoms with Crippen molar-refractivity contribution < 1.29 is 8.42 Å². The lowest BCUT2D eigenvalue weighted by molar-refractivity contribution is 0.126. The van der Waals surface area contributed by atoms with Crippen LogP contribution < -0.4 is 4.83 Å². The molecule has 1 heterocycles. The minimum Gasteiger partial charge on any atom is -0.229 e. The van der Waals surface area contributed by atoms with Crippen molar-refractivity contribution in [2.24, 2.45) is 0 Å². The Labute approximate surface area is 118 Å². The number of hydrogen-bond donors (Lipinski definition) is 1. The summed E-state index contributed by atoms with van der Waals surface area (Å²) in [5.41, 5.74) is 2.87. The van der Waals surface area contributed by atoms with Gasteiger partial charge < -0.3 is 0 Å². The van der Waals surface area contributed by atoms with Crippen LogP contribution in [0.5, 0.6) is 0 Å². The molecule has 4 nitrogen and oxygen atoms in total. The van der Waals surface area contributed by atoms with Crippen LogP contribution in [-0.2, 0) is 21.1 Å².